The zero-order valence-electron chi connectivity index (χ0n) is 17.3. The number of nitrogens with zero attached hydrogens (tertiary/aromatic N) is 4. The first-order valence-corrected chi connectivity index (χ1v) is 10.2. The van der Waals surface area contributed by atoms with Crippen LogP contribution in [0.15, 0.2) is 42.9 Å². The molecule has 3 heterocycles. The minimum Gasteiger partial charge on any atom is -0.354 e. The second-order valence-corrected chi connectivity index (χ2v) is 8.82. The Balaban J connectivity index is 1.48. The van der Waals surface area contributed by atoms with E-state index in [1.165, 1.54) is 5.56 Å². The summed E-state index contributed by atoms with van der Waals surface area (Å²) < 4.78 is 1.78. The average molecular weight is 396 g/mol. The predicted molar refractivity (Wildman–Crippen MR) is 110 cm³/mol. The fourth-order valence-corrected chi connectivity index (χ4v) is 4.64. The molecule has 0 aliphatic carbocycles. The van der Waals surface area contributed by atoms with Gasteiger partial charge in [-0.3, -0.25) is 14.5 Å². The molecule has 1 atom stereocenters. The van der Waals surface area contributed by atoms with Crippen LogP contribution >= 0.6 is 0 Å². The maximum Gasteiger partial charge on any atom is 0.274 e. The van der Waals surface area contributed by atoms with Gasteiger partial charge in [0.1, 0.15) is 5.69 Å². The number of hydrogen-bond donors (Lipinski definition) is 1. The number of hydrogen-bond acceptors (Lipinski definition) is 4. The predicted octanol–water partition coefficient (Wildman–Crippen LogP) is 1.52. The highest BCUT2D eigenvalue weighted by molar-refractivity contribution is 5.93. The number of carbonyl (C=O) groups is 2. The summed E-state index contributed by atoms with van der Waals surface area (Å²) >= 11 is 0. The smallest absolute Gasteiger partial charge is 0.274 e. The van der Waals surface area contributed by atoms with Gasteiger partial charge in [-0.05, 0) is 19.4 Å². The Morgan fingerprint density at radius 3 is 2.55 bits per heavy atom. The van der Waals surface area contributed by atoms with Crippen molar-refractivity contribution in [1.82, 2.24) is 24.7 Å². The maximum atomic E-state index is 13.0. The number of carbonyl (C=O) groups excluding carboxylic acids is 2. The summed E-state index contributed by atoms with van der Waals surface area (Å²) in [7, 11) is 1.85. The first-order chi connectivity index (χ1) is 13.9. The summed E-state index contributed by atoms with van der Waals surface area (Å²) in [5.74, 6) is -0.0670. The highest BCUT2D eigenvalue weighted by atomic mass is 16.2. The molecular formula is C22H29N5O2. The number of imidazole rings is 1. The lowest BCUT2D eigenvalue weighted by Gasteiger charge is -2.50. The van der Waals surface area contributed by atoms with Crippen LogP contribution < -0.4 is 5.32 Å². The van der Waals surface area contributed by atoms with Crippen molar-refractivity contribution in [3.8, 4) is 0 Å². The van der Waals surface area contributed by atoms with Gasteiger partial charge in [0.25, 0.3) is 5.91 Å². The molecule has 2 fully saturated rings. The van der Waals surface area contributed by atoms with Crippen LogP contribution in [0, 0.1) is 11.3 Å². The largest absolute Gasteiger partial charge is 0.354 e. The number of aromatic nitrogens is 2. The molecule has 1 unspecified atom stereocenters. The summed E-state index contributed by atoms with van der Waals surface area (Å²) in [6.07, 6.45) is 3.38. The lowest BCUT2D eigenvalue weighted by atomic mass is 9.71. The minimum atomic E-state index is -0.182. The van der Waals surface area contributed by atoms with E-state index in [1.54, 1.807) is 17.1 Å². The molecule has 2 amide bonds. The van der Waals surface area contributed by atoms with Crippen molar-refractivity contribution in [3.05, 3.63) is 54.1 Å². The molecule has 1 N–H and O–H groups in total. The molecule has 2 saturated heterocycles. The van der Waals surface area contributed by atoms with Gasteiger partial charge in [-0.1, -0.05) is 30.3 Å². The average Bonchev–Trinajstić information content (AvgIpc) is 3.24. The van der Waals surface area contributed by atoms with E-state index in [0.29, 0.717) is 18.8 Å². The Bertz CT molecular complexity index is 886. The summed E-state index contributed by atoms with van der Waals surface area (Å²) in [5.41, 5.74) is 1.52. The van der Waals surface area contributed by atoms with Gasteiger partial charge < -0.3 is 14.8 Å². The zero-order valence-corrected chi connectivity index (χ0v) is 17.3. The monoisotopic (exact) mass is 395 g/mol. The topological polar surface area (TPSA) is 70.5 Å². The number of likely N-dealkylation sites (tertiary alicyclic amines) is 2. The molecule has 29 heavy (non-hydrogen) atoms. The molecule has 0 saturated carbocycles. The van der Waals surface area contributed by atoms with Crippen molar-refractivity contribution in [2.45, 2.75) is 26.4 Å². The molecule has 1 aromatic heterocycles. The molecule has 1 spiro atoms. The molecular weight excluding hydrogens is 366 g/mol. The van der Waals surface area contributed by atoms with Crippen molar-refractivity contribution in [2.75, 3.05) is 26.2 Å². The van der Waals surface area contributed by atoms with E-state index in [2.05, 4.69) is 27.3 Å². The van der Waals surface area contributed by atoms with Crippen LogP contribution in [0.3, 0.4) is 0 Å². The van der Waals surface area contributed by atoms with Crippen molar-refractivity contribution in [2.24, 2.45) is 18.4 Å². The number of benzene rings is 1. The highest BCUT2D eigenvalue weighted by Crippen LogP contribution is 2.45. The van der Waals surface area contributed by atoms with E-state index < -0.39 is 0 Å². The Labute approximate surface area is 171 Å². The minimum absolute atomic E-state index is 0.0549. The third-order valence-electron chi connectivity index (χ3n) is 5.94. The molecule has 4 rings (SSSR count). The Hall–Kier alpha value is -2.67. The third-order valence-corrected chi connectivity index (χ3v) is 5.94. The van der Waals surface area contributed by atoms with Crippen LogP contribution in [0.2, 0.25) is 0 Å². The number of aryl methyl sites for hydroxylation is 1. The maximum absolute atomic E-state index is 13.0. The first-order valence-electron chi connectivity index (χ1n) is 10.2. The van der Waals surface area contributed by atoms with Gasteiger partial charge in [0, 0.05) is 57.4 Å². The molecule has 0 bridgehead atoms. The lowest BCUT2D eigenvalue weighted by Crippen LogP contribution is -2.64. The summed E-state index contributed by atoms with van der Waals surface area (Å²) in [6.45, 7) is 7.54. The Morgan fingerprint density at radius 2 is 1.93 bits per heavy atom. The molecule has 7 heteroatoms. The quantitative estimate of drug-likeness (QED) is 0.833. The normalized spacial score (nSPS) is 20.8. The summed E-state index contributed by atoms with van der Waals surface area (Å²) in [6, 6.07) is 10.4. The molecule has 2 aromatic rings. The van der Waals surface area contributed by atoms with Crippen LogP contribution in [0.25, 0.3) is 0 Å². The van der Waals surface area contributed by atoms with Crippen LogP contribution in [-0.2, 0) is 18.4 Å². The molecule has 1 aromatic carbocycles. The number of rotatable bonds is 5. The molecule has 0 radical (unpaired) electrons. The van der Waals surface area contributed by atoms with Crippen LogP contribution in [0.5, 0.6) is 0 Å². The Morgan fingerprint density at radius 1 is 1.21 bits per heavy atom. The number of nitrogens with one attached hydrogen (secondary N) is 1. The molecule has 7 nitrogen and oxygen atoms in total. The van der Waals surface area contributed by atoms with Gasteiger partial charge in [-0.2, -0.15) is 0 Å². The third kappa shape index (κ3) is 3.92. The van der Waals surface area contributed by atoms with E-state index >= 15 is 0 Å². The van der Waals surface area contributed by atoms with Gasteiger partial charge in [0.15, 0.2) is 0 Å². The van der Waals surface area contributed by atoms with E-state index in [4.69, 9.17) is 0 Å². The van der Waals surface area contributed by atoms with E-state index in [0.717, 1.165) is 19.6 Å². The van der Waals surface area contributed by atoms with Gasteiger partial charge in [-0.25, -0.2) is 4.98 Å². The highest BCUT2D eigenvalue weighted by Gasteiger charge is 2.57. The van der Waals surface area contributed by atoms with Crippen LogP contribution in [-0.4, -0.2) is 63.4 Å². The second-order valence-electron chi connectivity index (χ2n) is 8.82. The van der Waals surface area contributed by atoms with Crippen LogP contribution in [0.1, 0.15) is 29.9 Å². The SMILES string of the molecule is CC(C)NC(=O)C1CN(Cc2ccccc2)CC12CN(C(=O)c1cn(C)cn1)C2. The zero-order chi connectivity index (χ0) is 20.6. The molecule has 154 valence electrons. The fourth-order valence-electron chi connectivity index (χ4n) is 4.64. The van der Waals surface area contributed by atoms with Crippen molar-refractivity contribution in [1.29, 1.82) is 0 Å². The van der Waals surface area contributed by atoms with E-state index in [1.807, 2.05) is 44.0 Å². The first kappa shape index (κ1) is 19.6. The molecule has 2 aliphatic heterocycles. The van der Waals surface area contributed by atoms with Crippen molar-refractivity contribution < 1.29 is 9.59 Å². The summed E-state index contributed by atoms with van der Waals surface area (Å²) in [5, 5.41) is 3.09. The fraction of sp³-hybridized carbons (Fsp3) is 0.500. The van der Waals surface area contributed by atoms with Gasteiger partial charge in [0.05, 0.1) is 12.2 Å². The van der Waals surface area contributed by atoms with Gasteiger partial charge in [0.2, 0.25) is 5.91 Å². The van der Waals surface area contributed by atoms with E-state index in [9.17, 15) is 9.59 Å². The van der Waals surface area contributed by atoms with Crippen LogP contribution in [0.4, 0.5) is 0 Å². The summed E-state index contributed by atoms with van der Waals surface area (Å²) in [4.78, 5) is 34.1. The van der Waals surface area contributed by atoms with Crippen molar-refractivity contribution >= 4 is 11.8 Å². The van der Waals surface area contributed by atoms with Gasteiger partial charge in [-0.15, -0.1) is 0 Å². The lowest BCUT2D eigenvalue weighted by molar-refractivity contribution is -0.131. The van der Waals surface area contributed by atoms with Crippen molar-refractivity contribution in [3.63, 3.8) is 0 Å². The number of amides is 2. The molecule has 2 aliphatic rings. The Kier molecular flexibility index (Phi) is 5.17. The standard InChI is InChI=1S/C22H29N5O2/c1-16(2)24-20(28)18-10-26(9-17-7-5-4-6-8-17)12-22(18)13-27(14-22)21(29)19-11-25(3)15-23-19/h4-8,11,15-16,18H,9-10,12-14H2,1-3H3,(H,24,28). The van der Waals surface area contributed by atoms with Gasteiger partial charge >= 0.3 is 0 Å². The van der Waals surface area contributed by atoms with E-state index in [-0.39, 0.29) is 29.2 Å². The second kappa shape index (κ2) is 7.63.